The SMILES string of the molecule is Cc1nc(C2CC2)nc2sc(C(=O)NNC(=O)c3csc(N4CCOCC4)n3)c(C)c12. The molecule has 0 spiro atoms. The summed E-state index contributed by atoms with van der Waals surface area (Å²) in [6, 6.07) is 0. The van der Waals surface area contributed by atoms with E-state index in [0.29, 0.717) is 24.0 Å². The number of nitrogens with zero attached hydrogens (tertiary/aromatic N) is 4. The molecule has 0 aromatic carbocycles. The summed E-state index contributed by atoms with van der Waals surface area (Å²) in [5, 5.41) is 3.39. The van der Waals surface area contributed by atoms with Crippen LogP contribution < -0.4 is 15.8 Å². The van der Waals surface area contributed by atoms with Crippen LogP contribution in [0.25, 0.3) is 10.2 Å². The zero-order chi connectivity index (χ0) is 21.5. The van der Waals surface area contributed by atoms with Gasteiger partial charge in [-0.3, -0.25) is 20.4 Å². The van der Waals surface area contributed by atoms with Gasteiger partial charge in [0.25, 0.3) is 11.8 Å². The third kappa shape index (κ3) is 4.00. The van der Waals surface area contributed by atoms with Crippen molar-refractivity contribution in [3.8, 4) is 0 Å². The Labute approximate surface area is 186 Å². The monoisotopic (exact) mass is 458 g/mol. The number of thiophene rings is 1. The molecule has 1 aliphatic carbocycles. The second kappa shape index (κ2) is 8.13. The normalized spacial score (nSPS) is 16.5. The lowest BCUT2D eigenvalue weighted by molar-refractivity contribution is 0.0846. The smallest absolute Gasteiger partial charge is 0.289 e. The minimum atomic E-state index is -0.449. The van der Waals surface area contributed by atoms with E-state index in [-0.39, 0.29) is 11.6 Å². The number of nitrogens with one attached hydrogen (secondary N) is 2. The van der Waals surface area contributed by atoms with Gasteiger partial charge in [-0.05, 0) is 32.3 Å². The van der Waals surface area contributed by atoms with E-state index in [0.717, 1.165) is 58.4 Å². The Bertz CT molecular complexity index is 1160. The first-order valence-electron chi connectivity index (χ1n) is 10.2. The van der Waals surface area contributed by atoms with E-state index in [1.165, 1.54) is 22.7 Å². The van der Waals surface area contributed by atoms with E-state index >= 15 is 0 Å². The minimum Gasteiger partial charge on any atom is -0.378 e. The van der Waals surface area contributed by atoms with Gasteiger partial charge in [0, 0.05) is 29.8 Å². The Morgan fingerprint density at radius 2 is 1.84 bits per heavy atom. The Kier molecular flexibility index (Phi) is 5.32. The fourth-order valence-electron chi connectivity index (χ4n) is 3.60. The number of anilines is 1. The summed E-state index contributed by atoms with van der Waals surface area (Å²) < 4.78 is 5.34. The highest BCUT2D eigenvalue weighted by Gasteiger charge is 2.28. The van der Waals surface area contributed by atoms with Crippen LogP contribution in [-0.2, 0) is 4.74 Å². The molecule has 0 radical (unpaired) electrons. The Morgan fingerprint density at radius 3 is 2.58 bits per heavy atom. The van der Waals surface area contributed by atoms with Crippen molar-refractivity contribution < 1.29 is 14.3 Å². The molecule has 1 saturated carbocycles. The summed E-state index contributed by atoms with van der Waals surface area (Å²) in [5.41, 5.74) is 6.98. The Morgan fingerprint density at radius 1 is 1.10 bits per heavy atom. The number of amides is 2. The van der Waals surface area contributed by atoms with Gasteiger partial charge in [-0.25, -0.2) is 15.0 Å². The molecule has 3 aromatic rings. The van der Waals surface area contributed by atoms with Gasteiger partial charge >= 0.3 is 0 Å². The summed E-state index contributed by atoms with van der Waals surface area (Å²) in [6.45, 7) is 6.64. The van der Waals surface area contributed by atoms with Crippen molar-refractivity contribution in [2.24, 2.45) is 0 Å². The fraction of sp³-hybridized carbons (Fsp3) is 0.450. The Balaban J connectivity index is 1.27. The van der Waals surface area contributed by atoms with Crippen molar-refractivity contribution >= 4 is 49.8 Å². The summed E-state index contributed by atoms with van der Waals surface area (Å²) in [4.78, 5) is 42.3. The van der Waals surface area contributed by atoms with Crippen molar-refractivity contribution in [2.75, 3.05) is 31.2 Å². The number of aryl methyl sites for hydroxylation is 2. The predicted molar refractivity (Wildman–Crippen MR) is 119 cm³/mol. The van der Waals surface area contributed by atoms with Gasteiger partial charge in [0.1, 0.15) is 16.3 Å². The standard InChI is InChI=1S/C20H22N6O3S2/c1-10-14-11(2)21-16(12-3-4-12)23-19(14)31-15(10)18(28)25-24-17(27)13-9-30-20(22-13)26-5-7-29-8-6-26/h9,12H,3-8H2,1-2H3,(H,24,27)(H,25,28). The first-order valence-corrected chi connectivity index (χ1v) is 11.9. The maximum atomic E-state index is 12.8. The number of hydrogen-bond donors (Lipinski definition) is 2. The number of hydrogen-bond acceptors (Lipinski definition) is 9. The molecule has 0 unspecified atom stereocenters. The highest BCUT2D eigenvalue weighted by Crippen LogP contribution is 2.40. The lowest BCUT2D eigenvalue weighted by Gasteiger charge is -2.25. The van der Waals surface area contributed by atoms with Crippen molar-refractivity contribution in [3.05, 3.63) is 33.0 Å². The number of ether oxygens (including phenoxy) is 1. The van der Waals surface area contributed by atoms with Crippen molar-refractivity contribution in [1.82, 2.24) is 25.8 Å². The van der Waals surface area contributed by atoms with Gasteiger partial charge in [0.15, 0.2) is 5.13 Å². The second-order valence-electron chi connectivity index (χ2n) is 7.70. The number of thiazole rings is 1. The predicted octanol–water partition coefficient (Wildman–Crippen LogP) is 2.55. The van der Waals surface area contributed by atoms with E-state index in [1.54, 1.807) is 5.38 Å². The molecule has 2 N–H and O–H groups in total. The average Bonchev–Trinajstić information content (AvgIpc) is 3.41. The first kappa shape index (κ1) is 20.3. The zero-order valence-electron chi connectivity index (χ0n) is 17.2. The third-order valence-corrected chi connectivity index (χ3v) is 7.52. The number of carbonyl (C=O) groups is 2. The molecule has 4 heterocycles. The lowest BCUT2D eigenvalue weighted by atomic mass is 10.1. The van der Waals surface area contributed by atoms with E-state index in [1.807, 2.05) is 13.8 Å². The van der Waals surface area contributed by atoms with E-state index in [2.05, 4.69) is 30.7 Å². The molecule has 31 heavy (non-hydrogen) atoms. The molecule has 0 bridgehead atoms. The van der Waals surface area contributed by atoms with Crippen LogP contribution in [0.1, 0.15) is 56.0 Å². The highest BCUT2D eigenvalue weighted by atomic mass is 32.1. The number of carbonyl (C=O) groups excluding carboxylic acids is 2. The molecular weight excluding hydrogens is 436 g/mol. The van der Waals surface area contributed by atoms with Crippen LogP contribution in [0.2, 0.25) is 0 Å². The van der Waals surface area contributed by atoms with Crippen molar-refractivity contribution in [3.63, 3.8) is 0 Å². The van der Waals surface area contributed by atoms with Gasteiger partial charge in [-0.2, -0.15) is 0 Å². The second-order valence-corrected chi connectivity index (χ2v) is 9.54. The van der Waals surface area contributed by atoms with E-state index in [9.17, 15) is 9.59 Å². The molecule has 5 rings (SSSR count). The quantitative estimate of drug-likeness (QED) is 0.578. The van der Waals surface area contributed by atoms with Crippen LogP contribution in [-0.4, -0.2) is 53.1 Å². The molecule has 162 valence electrons. The zero-order valence-corrected chi connectivity index (χ0v) is 18.9. The van der Waals surface area contributed by atoms with Crippen LogP contribution in [0.3, 0.4) is 0 Å². The fourth-order valence-corrected chi connectivity index (χ4v) is 5.60. The van der Waals surface area contributed by atoms with Crippen LogP contribution in [0.15, 0.2) is 5.38 Å². The van der Waals surface area contributed by atoms with Crippen molar-refractivity contribution in [1.29, 1.82) is 0 Å². The van der Waals surface area contributed by atoms with Gasteiger partial charge in [-0.15, -0.1) is 22.7 Å². The van der Waals surface area contributed by atoms with Gasteiger partial charge < -0.3 is 9.64 Å². The molecule has 2 amide bonds. The summed E-state index contributed by atoms with van der Waals surface area (Å²) >= 11 is 2.73. The van der Waals surface area contributed by atoms with Gasteiger partial charge in [0.05, 0.1) is 23.8 Å². The molecule has 1 aliphatic heterocycles. The maximum Gasteiger partial charge on any atom is 0.289 e. The minimum absolute atomic E-state index is 0.274. The molecule has 0 atom stereocenters. The number of morpholine rings is 1. The van der Waals surface area contributed by atoms with Crippen molar-refractivity contribution in [2.45, 2.75) is 32.6 Å². The molecule has 9 nitrogen and oxygen atoms in total. The maximum absolute atomic E-state index is 12.8. The number of hydrazine groups is 1. The largest absolute Gasteiger partial charge is 0.378 e. The third-order valence-electron chi connectivity index (χ3n) is 5.43. The molecule has 3 aromatic heterocycles. The van der Waals surface area contributed by atoms with Crippen LogP contribution in [0.4, 0.5) is 5.13 Å². The number of rotatable bonds is 4. The molecule has 1 saturated heterocycles. The average molecular weight is 459 g/mol. The molecule has 11 heteroatoms. The van der Waals surface area contributed by atoms with Gasteiger partial charge in [0.2, 0.25) is 0 Å². The van der Waals surface area contributed by atoms with E-state index in [4.69, 9.17) is 4.74 Å². The topological polar surface area (TPSA) is 109 Å². The lowest BCUT2D eigenvalue weighted by Crippen LogP contribution is -2.41. The van der Waals surface area contributed by atoms with Crippen LogP contribution in [0.5, 0.6) is 0 Å². The molecular formula is C20H22N6O3S2. The summed E-state index contributed by atoms with van der Waals surface area (Å²) in [7, 11) is 0. The van der Waals surface area contributed by atoms with Gasteiger partial charge in [-0.1, -0.05) is 0 Å². The highest BCUT2D eigenvalue weighted by molar-refractivity contribution is 7.20. The van der Waals surface area contributed by atoms with Crippen LogP contribution >= 0.6 is 22.7 Å². The number of aromatic nitrogens is 3. The molecule has 2 fully saturated rings. The van der Waals surface area contributed by atoms with Crippen LogP contribution in [0, 0.1) is 13.8 Å². The first-order chi connectivity index (χ1) is 15.0. The van der Waals surface area contributed by atoms with E-state index < -0.39 is 5.91 Å². The summed E-state index contributed by atoms with van der Waals surface area (Å²) in [6.07, 6.45) is 2.25. The number of fused-ring (bicyclic) bond motifs is 1. The summed E-state index contributed by atoms with van der Waals surface area (Å²) in [5.74, 6) is 0.494. The molecule has 2 aliphatic rings. The Hall–Kier alpha value is -2.63.